The molecule has 1 aromatic heterocycles. The fraction of sp³-hybridized carbons (Fsp3) is 0.692. The maximum absolute atomic E-state index is 5.13. The fourth-order valence-corrected chi connectivity index (χ4v) is 2.49. The van der Waals surface area contributed by atoms with Crippen LogP contribution >= 0.6 is 0 Å². The van der Waals surface area contributed by atoms with E-state index in [1.807, 2.05) is 13.0 Å². The Morgan fingerprint density at radius 1 is 1.41 bits per heavy atom. The number of nitrogens with zero attached hydrogens (tertiary/aromatic N) is 2. The molecule has 0 aromatic carbocycles. The Morgan fingerprint density at radius 3 is 2.88 bits per heavy atom. The summed E-state index contributed by atoms with van der Waals surface area (Å²) >= 11 is 0. The highest BCUT2D eigenvalue weighted by Gasteiger charge is 2.20. The Morgan fingerprint density at radius 2 is 2.24 bits per heavy atom. The summed E-state index contributed by atoms with van der Waals surface area (Å²) in [5.74, 6) is 3.90. The van der Waals surface area contributed by atoms with Crippen LogP contribution in [0.25, 0.3) is 0 Å². The van der Waals surface area contributed by atoms with Gasteiger partial charge in [-0.25, -0.2) is 4.98 Å². The van der Waals surface area contributed by atoms with Crippen molar-refractivity contribution in [3.63, 3.8) is 0 Å². The fourth-order valence-electron chi connectivity index (χ4n) is 2.49. The van der Waals surface area contributed by atoms with Crippen molar-refractivity contribution >= 4 is 5.82 Å². The van der Waals surface area contributed by atoms with Crippen LogP contribution in [-0.4, -0.2) is 23.6 Å². The second-order valence-corrected chi connectivity index (χ2v) is 5.01. The summed E-state index contributed by atoms with van der Waals surface area (Å²) in [5.41, 5.74) is 0. The Balaban J connectivity index is 1.92. The molecular formula is C13H21N3O. The molecule has 0 radical (unpaired) electrons. The predicted molar refractivity (Wildman–Crippen MR) is 68.3 cm³/mol. The maximum atomic E-state index is 5.13. The lowest BCUT2D eigenvalue weighted by atomic mass is 10.1. The van der Waals surface area contributed by atoms with E-state index in [1.54, 1.807) is 7.11 Å². The lowest BCUT2D eigenvalue weighted by Crippen LogP contribution is -2.13. The average molecular weight is 235 g/mol. The monoisotopic (exact) mass is 235 g/mol. The molecule has 17 heavy (non-hydrogen) atoms. The summed E-state index contributed by atoms with van der Waals surface area (Å²) in [6.07, 6.45) is 4.02. The second-order valence-electron chi connectivity index (χ2n) is 5.01. The zero-order valence-electron chi connectivity index (χ0n) is 10.9. The summed E-state index contributed by atoms with van der Waals surface area (Å²) in [5, 5.41) is 3.39. The Bertz CT molecular complexity index is 381. The number of nitrogens with one attached hydrogen (secondary N) is 1. The smallest absolute Gasteiger partial charge is 0.218 e. The lowest BCUT2D eigenvalue weighted by Gasteiger charge is -2.12. The van der Waals surface area contributed by atoms with Crippen LogP contribution < -0.4 is 10.1 Å². The van der Waals surface area contributed by atoms with Crippen LogP contribution in [0.2, 0.25) is 0 Å². The first-order valence-corrected chi connectivity index (χ1v) is 6.31. The predicted octanol–water partition coefficient (Wildman–Crippen LogP) is 2.64. The summed E-state index contributed by atoms with van der Waals surface area (Å²) in [7, 11) is 1.63. The number of hydrogen-bond donors (Lipinski definition) is 1. The molecule has 2 unspecified atom stereocenters. The molecule has 2 rings (SSSR count). The van der Waals surface area contributed by atoms with E-state index in [0.29, 0.717) is 5.88 Å². The normalized spacial score (nSPS) is 23.7. The average Bonchev–Trinajstić information content (AvgIpc) is 2.72. The van der Waals surface area contributed by atoms with E-state index in [-0.39, 0.29) is 0 Å². The highest BCUT2D eigenvalue weighted by Crippen LogP contribution is 2.30. The third-order valence-corrected chi connectivity index (χ3v) is 3.40. The molecular weight excluding hydrogens is 214 g/mol. The van der Waals surface area contributed by atoms with Crippen molar-refractivity contribution in [3.8, 4) is 5.88 Å². The Labute approximate surface area is 103 Å². The first-order chi connectivity index (χ1) is 8.17. The van der Waals surface area contributed by atoms with Crippen molar-refractivity contribution in [2.75, 3.05) is 19.0 Å². The third kappa shape index (κ3) is 3.32. The van der Waals surface area contributed by atoms with Crippen molar-refractivity contribution in [3.05, 3.63) is 11.9 Å². The first kappa shape index (κ1) is 12.1. The maximum Gasteiger partial charge on any atom is 0.218 e. The SMILES string of the molecule is COc1cc(NCC2CCC(C)C2)nc(C)n1. The van der Waals surface area contributed by atoms with Gasteiger partial charge in [0.25, 0.3) is 0 Å². The van der Waals surface area contributed by atoms with Gasteiger partial charge in [0.2, 0.25) is 5.88 Å². The minimum atomic E-state index is 0.625. The van der Waals surface area contributed by atoms with E-state index in [4.69, 9.17) is 4.74 Å². The topological polar surface area (TPSA) is 47.0 Å². The third-order valence-electron chi connectivity index (χ3n) is 3.40. The number of anilines is 1. The Hall–Kier alpha value is -1.32. The number of ether oxygens (including phenoxy) is 1. The van der Waals surface area contributed by atoms with Gasteiger partial charge >= 0.3 is 0 Å². The molecule has 0 bridgehead atoms. The van der Waals surface area contributed by atoms with Crippen LogP contribution in [0.15, 0.2) is 6.07 Å². The lowest BCUT2D eigenvalue weighted by molar-refractivity contribution is 0.396. The molecule has 1 aliphatic carbocycles. The van der Waals surface area contributed by atoms with E-state index in [1.165, 1.54) is 19.3 Å². The van der Waals surface area contributed by atoms with Gasteiger partial charge < -0.3 is 10.1 Å². The van der Waals surface area contributed by atoms with Crippen LogP contribution in [0.4, 0.5) is 5.82 Å². The molecule has 0 aliphatic heterocycles. The van der Waals surface area contributed by atoms with Gasteiger partial charge in [-0.2, -0.15) is 4.98 Å². The van der Waals surface area contributed by atoms with Crippen LogP contribution in [-0.2, 0) is 0 Å². The highest BCUT2D eigenvalue weighted by molar-refractivity contribution is 5.38. The second kappa shape index (κ2) is 5.34. The largest absolute Gasteiger partial charge is 0.481 e. The van der Waals surface area contributed by atoms with Gasteiger partial charge in [0.15, 0.2) is 0 Å². The van der Waals surface area contributed by atoms with Crippen molar-refractivity contribution in [2.24, 2.45) is 11.8 Å². The molecule has 1 heterocycles. The van der Waals surface area contributed by atoms with Crippen LogP contribution in [0.1, 0.15) is 32.0 Å². The number of aryl methyl sites for hydroxylation is 1. The van der Waals surface area contributed by atoms with Crippen LogP contribution in [0, 0.1) is 18.8 Å². The van der Waals surface area contributed by atoms with E-state index < -0.39 is 0 Å². The Kier molecular flexibility index (Phi) is 3.82. The molecule has 4 heteroatoms. The van der Waals surface area contributed by atoms with E-state index in [0.717, 1.165) is 30.0 Å². The molecule has 0 saturated heterocycles. The van der Waals surface area contributed by atoms with Crippen molar-refractivity contribution < 1.29 is 4.74 Å². The number of hydrogen-bond acceptors (Lipinski definition) is 4. The number of aromatic nitrogens is 2. The molecule has 1 aromatic rings. The zero-order chi connectivity index (χ0) is 12.3. The molecule has 1 N–H and O–H groups in total. The standard InChI is InChI=1S/C13H21N3O/c1-9-4-5-11(6-9)8-14-12-7-13(17-3)16-10(2)15-12/h7,9,11H,4-6,8H2,1-3H3,(H,14,15,16). The molecule has 1 saturated carbocycles. The van der Waals surface area contributed by atoms with Crippen LogP contribution in [0.5, 0.6) is 5.88 Å². The quantitative estimate of drug-likeness (QED) is 0.871. The molecule has 4 nitrogen and oxygen atoms in total. The van der Waals surface area contributed by atoms with Gasteiger partial charge in [0, 0.05) is 12.6 Å². The van der Waals surface area contributed by atoms with E-state index in [9.17, 15) is 0 Å². The molecule has 1 fully saturated rings. The minimum Gasteiger partial charge on any atom is -0.481 e. The number of methoxy groups -OCH3 is 1. The summed E-state index contributed by atoms with van der Waals surface area (Å²) in [4.78, 5) is 8.53. The van der Waals surface area contributed by atoms with E-state index in [2.05, 4.69) is 22.2 Å². The molecule has 2 atom stereocenters. The molecule has 1 aliphatic rings. The van der Waals surface area contributed by atoms with Gasteiger partial charge in [-0.1, -0.05) is 13.3 Å². The van der Waals surface area contributed by atoms with Gasteiger partial charge in [0.05, 0.1) is 7.11 Å². The molecule has 0 amide bonds. The highest BCUT2D eigenvalue weighted by atomic mass is 16.5. The molecule has 0 spiro atoms. The van der Waals surface area contributed by atoms with Crippen molar-refractivity contribution in [2.45, 2.75) is 33.1 Å². The van der Waals surface area contributed by atoms with Crippen molar-refractivity contribution in [1.82, 2.24) is 9.97 Å². The summed E-state index contributed by atoms with van der Waals surface area (Å²) in [6.45, 7) is 5.22. The first-order valence-electron chi connectivity index (χ1n) is 6.31. The van der Waals surface area contributed by atoms with E-state index >= 15 is 0 Å². The number of rotatable bonds is 4. The molecule has 94 valence electrons. The van der Waals surface area contributed by atoms with Gasteiger partial charge in [-0.15, -0.1) is 0 Å². The minimum absolute atomic E-state index is 0.625. The zero-order valence-corrected chi connectivity index (χ0v) is 10.9. The van der Waals surface area contributed by atoms with Gasteiger partial charge in [-0.3, -0.25) is 0 Å². The van der Waals surface area contributed by atoms with Crippen molar-refractivity contribution in [1.29, 1.82) is 0 Å². The van der Waals surface area contributed by atoms with Gasteiger partial charge in [-0.05, 0) is 31.6 Å². The van der Waals surface area contributed by atoms with Crippen LogP contribution in [0.3, 0.4) is 0 Å². The summed E-state index contributed by atoms with van der Waals surface area (Å²) < 4.78 is 5.13. The van der Waals surface area contributed by atoms with Gasteiger partial charge in [0.1, 0.15) is 11.6 Å². The summed E-state index contributed by atoms with van der Waals surface area (Å²) in [6, 6.07) is 1.85.